The van der Waals surface area contributed by atoms with Gasteiger partial charge in [-0.25, -0.2) is 0 Å². The van der Waals surface area contributed by atoms with Crippen molar-refractivity contribution < 1.29 is 0 Å². The monoisotopic (exact) mass is 214 g/mol. The van der Waals surface area contributed by atoms with E-state index in [9.17, 15) is 0 Å². The number of benzene rings is 1. The molecule has 0 aliphatic carbocycles. The summed E-state index contributed by atoms with van der Waals surface area (Å²) in [6.45, 7) is 6.67. The van der Waals surface area contributed by atoms with Crippen LogP contribution < -0.4 is 0 Å². The lowest BCUT2D eigenvalue weighted by molar-refractivity contribution is 1.04. The molecule has 0 fully saturated rings. The summed E-state index contributed by atoms with van der Waals surface area (Å²) in [6, 6.07) is 8.10. The average Bonchev–Trinajstić information content (AvgIpc) is 2.04. The smallest absolute Gasteiger partial charge is 0.0406 e. The van der Waals surface area contributed by atoms with E-state index in [1.54, 1.807) is 0 Å². The van der Waals surface area contributed by atoms with E-state index in [-0.39, 0.29) is 0 Å². The Morgan fingerprint density at radius 1 is 1.08 bits per heavy atom. The molecule has 2 heteroatoms. The van der Waals surface area contributed by atoms with Crippen molar-refractivity contribution in [2.45, 2.75) is 31.3 Å². The highest BCUT2D eigenvalue weighted by Gasteiger charge is 2.07. The van der Waals surface area contributed by atoms with Crippen molar-refractivity contribution in [1.82, 2.24) is 0 Å². The van der Waals surface area contributed by atoms with Crippen LogP contribution in [0.3, 0.4) is 0 Å². The maximum absolute atomic E-state index is 5.82. The van der Waals surface area contributed by atoms with Crippen LogP contribution in [0.2, 0.25) is 5.02 Å². The van der Waals surface area contributed by atoms with E-state index in [0.29, 0.717) is 10.5 Å². The summed E-state index contributed by atoms with van der Waals surface area (Å²) in [4.78, 5) is 0. The number of hydrogen-bond acceptors (Lipinski definition) is 1. The predicted molar refractivity (Wildman–Crippen MR) is 62.6 cm³/mol. The molecule has 1 rings (SSSR count). The molecule has 0 bridgehead atoms. The van der Waals surface area contributed by atoms with E-state index < -0.39 is 0 Å². The van der Waals surface area contributed by atoms with Crippen LogP contribution in [0.1, 0.15) is 31.6 Å². The fraction of sp³-hybridized carbons (Fsp3) is 0.455. The molecule has 0 aliphatic rings. The van der Waals surface area contributed by atoms with E-state index in [1.807, 2.05) is 23.9 Å². The summed E-state index contributed by atoms with van der Waals surface area (Å²) in [6.07, 6.45) is 0. The third-order valence-corrected chi connectivity index (χ3v) is 3.29. The first-order chi connectivity index (χ1) is 6.09. The highest BCUT2D eigenvalue weighted by Crippen LogP contribution is 2.31. The maximum atomic E-state index is 5.82. The average molecular weight is 215 g/mol. The Labute approximate surface area is 89.7 Å². The molecule has 0 saturated carbocycles. The first-order valence-corrected chi connectivity index (χ1v) is 5.82. The largest absolute Gasteiger partial charge is 0.151 e. The standard InChI is InChI=1S/C11H15ClS/c1-8(2)13-9(3)10-4-6-11(12)7-5-10/h4-9H,1-3H3. The molecule has 13 heavy (non-hydrogen) atoms. The minimum Gasteiger partial charge on any atom is -0.151 e. The van der Waals surface area contributed by atoms with Crippen molar-refractivity contribution in [2.24, 2.45) is 0 Å². The summed E-state index contributed by atoms with van der Waals surface area (Å²) < 4.78 is 0. The molecular weight excluding hydrogens is 200 g/mol. The molecule has 0 spiro atoms. The van der Waals surface area contributed by atoms with Gasteiger partial charge in [-0.3, -0.25) is 0 Å². The molecule has 0 N–H and O–H groups in total. The van der Waals surface area contributed by atoms with E-state index in [2.05, 4.69) is 32.9 Å². The van der Waals surface area contributed by atoms with Crippen molar-refractivity contribution in [3.63, 3.8) is 0 Å². The Hall–Kier alpha value is -0.140. The molecule has 1 atom stereocenters. The molecule has 72 valence electrons. The van der Waals surface area contributed by atoms with E-state index in [0.717, 1.165) is 5.02 Å². The van der Waals surface area contributed by atoms with E-state index >= 15 is 0 Å². The first kappa shape index (κ1) is 10.9. The van der Waals surface area contributed by atoms with Gasteiger partial charge in [-0.05, 0) is 29.9 Å². The molecule has 0 heterocycles. The van der Waals surface area contributed by atoms with Crippen LogP contribution in [0.15, 0.2) is 24.3 Å². The highest BCUT2D eigenvalue weighted by molar-refractivity contribution is 8.00. The minimum atomic E-state index is 0.553. The molecule has 0 nitrogen and oxygen atoms in total. The molecule has 1 aromatic carbocycles. The second-order valence-corrected chi connectivity index (χ2v) is 5.74. The van der Waals surface area contributed by atoms with Gasteiger partial charge in [-0.1, -0.05) is 37.6 Å². The first-order valence-electron chi connectivity index (χ1n) is 4.50. The molecule has 1 aromatic rings. The van der Waals surface area contributed by atoms with Gasteiger partial charge < -0.3 is 0 Å². The highest BCUT2D eigenvalue weighted by atomic mass is 35.5. The topological polar surface area (TPSA) is 0 Å². The number of thioether (sulfide) groups is 1. The molecule has 1 unspecified atom stereocenters. The van der Waals surface area contributed by atoms with Gasteiger partial charge in [-0.15, -0.1) is 0 Å². The molecular formula is C11H15ClS. The van der Waals surface area contributed by atoms with Crippen molar-refractivity contribution in [2.75, 3.05) is 0 Å². The van der Waals surface area contributed by atoms with Gasteiger partial charge in [0.25, 0.3) is 0 Å². The predicted octanol–water partition coefficient (Wildman–Crippen LogP) is 4.54. The van der Waals surface area contributed by atoms with E-state index in [4.69, 9.17) is 11.6 Å². The van der Waals surface area contributed by atoms with Gasteiger partial charge in [0, 0.05) is 10.3 Å². The Morgan fingerprint density at radius 2 is 1.62 bits per heavy atom. The van der Waals surface area contributed by atoms with Gasteiger partial charge in [-0.2, -0.15) is 11.8 Å². The maximum Gasteiger partial charge on any atom is 0.0406 e. The van der Waals surface area contributed by atoms with Crippen molar-refractivity contribution >= 4 is 23.4 Å². The molecule has 0 aliphatic heterocycles. The second-order valence-electron chi connectivity index (χ2n) is 3.38. The summed E-state index contributed by atoms with van der Waals surface area (Å²) in [5, 5.41) is 2.04. The Bertz CT molecular complexity index is 253. The van der Waals surface area contributed by atoms with E-state index in [1.165, 1.54) is 5.56 Å². The zero-order chi connectivity index (χ0) is 9.84. The summed E-state index contributed by atoms with van der Waals surface area (Å²) in [5.41, 5.74) is 1.35. The quantitative estimate of drug-likeness (QED) is 0.712. The van der Waals surface area contributed by atoms with Crippen molar-refractivity contribution in [3.8, 4) is 0 Å². The van der Waals surface area contributed by atoms with Crippen LogP contribution in [-0.2, 0) is 0 Å². The van der Waals surface area contributed by atoms with Crippen molar-refractivity contribution in [1.29, 1.82) is 0 Å². The molecule has 0 aromatic heterocycles. The number of rotatable bonds is 3. The molecule has 0 saturated heterocycles. The number of halogens is 1. The Balaban J connectivity index is 2.66. The number of hydrogen-bond donors (Lipinski definition) is 0. The zero-order valence-corrected chi connectivity index (χ0v) is 9.82. The van der Waals surface area contributed by atoms with Crippen LogP contribution in [0.25, 0.3) is 0 Å². The fourth-order valence-electron chi connectivity index (χ4n) is 1.22. The molecule has 0 radical (unpaired) electrons. The third-order valence-electron chi connectivity index (χ3n) is 1.82. The van der Waals surface area contributed by atoms with Gasteiger partial charge in [0.1, 0.15) is 0 Å². The van der Waals surface area contributed by atoms with Gasteiger partial charge in [0.05, 0.1) is 0 Å². The summed E-state index contributed by atoms with van der Waals surface area (Å²) in [5.74, 6) is 0. The van der Waals surface area contributed by atoms with Gasteiger partial charge in [0.15, 0.2) is 0 Å². The SMILES string of the molecule is CC(C)SC(C)c1ccc(Cl)cc1. The normalized spacial score (nSPS) is 13.3. The summed E-state index contributed by atoms with van der Waals surface area (Å²) >= 11 is 7.79. The van der Waals surface area contributed by atoms with Crippen LogP contribution in [-0.4, -0.2) is 5.25 Å². The lowest BCUT2D eigenvalue weighted by Gasteiger charge is -2.13. The molecule has 0 amide bonds. The van der Waals surface area contributed by atoms with Crippen LogP contribution in [0.4, 0.5) is 0 Å². The van der Waals surface area contributed by atoms with Crippen molar-refractivity contribution in [3.05, 3.63) is 34.9 Å². The van der Waals surface area contributed by atoms with Gasteiger partial charge in [0.2, 0.25) is 0 Å². The van der Waals surface area contributed by atoms with Gasteiger partial charge >= 0.3 is 0 Å². The zero-order valence-electron chi connectivity index (χ0n) is 8.25. The Morgan fingerprint density at radius 3 is 2.08 bits per heavy atom. The minimum absolute atomic E-state index is 0.553. The summed E-state index contributed by atoms with van der Waals surface area (Å²) in [7, 11) is 0. The Kier molecular flexibility index (Phi) is 4.14. The lowest BCUT2D eigenvalue weighted by Crippen LogP contribution is -1.94. The second kappa shape index (κ2) is 4.92. The van der Waals surface area contributed by atoms with Crippen LogP contribution in [0, 0.1) is 0 Å². The lowest BCUT2D eigenvalue weighted by atomic mass is 10.2. The third kappa shape index (κ3) is 3.61. The fourth-order valence-corrected chi connectivity index (χ4v) is 2.48. The van der Waals surface area contributed by atoms with Crippen LogP contribution >= 0.6 is 23.4 Å². The van der Waals surface area contributed by atoms with Crippen LogP contribution in [0.5, 0.6) is 0 Å².